The Morgan fingerprint density at radius 2 is 2.05 bits per heavy atom. The average molecular weight is 258 g/mol. The fourth-order valence-electron chi connectivity index (χ4n) is 3.11. The molecule has 1 atom stereocenters. The first kappa shape index (κ1) is 13.1. The fourth-order valence-corrected chi connectivity index (χ4v) is 3.11. The second-order valence-corrected chi connectivity index (χ2v) is 6.38. The lowest BCUT2D eigenvalue weighted by Crippen LogP contribution is -2.38. The van der Waals surface area contributed by atoms with Crippen LogP contribution in [0.25, 0.3) is 0 Å². The summed E-state index contributed by atoms with van der Waals surface area (Å²) in [6.45, 7) is 8.02. The van der Waals surface area contributed by atoms with E-state index in [9.17, 15) is 0 Å². The minimum Gasteiger partial charge on any atom is -0.312 e. The van der Waals surface area contributed by atoms with Crippen molar-refractivity contribution in [1.82, 2.24) is 10.2 Å². The van der Waals surface area contributed by atoms with Crippen LogP contribution in [0.3, 0.4) is 0 Å². The molecule has 2 aliphatic rings. The molecule has 1 aliphatic carbocycles. The van der Waals surface area contributed by atoms with Gasteiger partial charge in [-0.05, 0) is 57.2 Å². The van der Waals surface area contributed by atoms with Crippen molar-refractivity contribution in [2.75, 3.05) is 13.1 Å². The quantitative estimate of drug-likeness (QED) is 0.873. The van der Waals surface area contributed by atoms with Crippen molar-refractivity contribution in [3.63, 3.8) is 0 Å². The standard InChI is InChI=1S/C17H26N2/c1-13-5-6-14(2)15(10-13)12-19-9-3-4-17(19)11-18-16-7-8-16/h5-6,10,16-18H,3-4,7-9,11-12H2,1-2H3. The highest BCUT2D eigenvalue weighted by molar-refractivity contribution is 5.30. The van der Waals surface area contributed by atoms with Gasteiger partial charge in [0, 0.05) is 25.2 Å². The third kappa shape index (κ3) is 3.37. The average Bonchev–Trinajstić information content (AvgIpc) is 3.12. The first-order chi connectivity index (χ1) is 9.22. The zero-order valence-electron chi connectivity index (χ0n) is 12.3. The van der Waals surface area contributed by atoms with Gasteiger partial charge in [-0.3, -0.25) is 4.90 Å². The molecular weight excluding hydrogens is 232 g/mol. The van der Waals surface area contributed by atoms with Crippen molar-refractivity contribution >= 4 is 0 Å². The second kappa shape index (κ2) is 5.64. The Bertz CT molecular complexity index is 437. The van der Waals surface area contributed by atoms with Gasteiger partial charge < -0.3 is 5.32 Å². The molecule has 1 aromatic carbocycles. The number of likely N-dealkylation sites (tertiary alicyclic amines) is 1. The smallest absolute Gasteiger partial charge is 0.0239 e. The number of nitrogens with zero attached hydrogens (tertiary/aromatic N) is 1. The molecule has 1 heterocycles. The maximum Gasteiger partial charge on any atom is 0.0239 e. The largest absolute Gasteiger partial charge is 0.312 e. The Labute approximate surface area is 117 Å². The summed E-state index contributed by atoms with van der Waals surface area (Å²) in [6.07, 6.45) is 5.51. The molecule has 19 heavy (non-hydrogen) atoms. The summed E-state index contributed by atoms with van der Waals surface area (Å²) in [5.41, 5.74) is 4.33. The highest BCUT2D eigenvalue weighted by Gasteiger charge is 2.27. The number of hydrogen-bond acceptors (Lipinski definition) is 2. The number of hydrogen-bond donors (Lipinski definition) is 1. The van der Waals surface area contributed by atoms with Crippen LogP contribution in [0, 0.1) is 13.8 Å². The van der Waals surface area contributed by atoms with Crippen molar-refractivity contribution < 1.29 is 0 Å². The summed E-state index contributed by atoms with van der Waals surface area (Å²) in [4.78, 5) is 2.68. The molecule has 0 bridgehead atoms. The summed E-state index contributed by atoms with van der Waals surface area (Å²) in [5, 5.41) is 3.70. The molecule has 1 N–H and O–H groups in total. The van der Waals surface area contributed by atoms with Gasteiger partial charge in [0.2, 0.25) is 0 Å². The van der Waals surface area contributed by atoms with Crippen LogP contribution in [-0.2, 0) is 6.54 Å². The predicted molar refractivity (Wildman–Crippen MR) is 80.4 cm³/mol. The number of aryl methyl sites for hydroxylation is 2. The zero-order chi connectivity index (χ0) is 13.2. The molecular formula is C17H26N2. The number of nitrogens with one attached hydrogen (secondary N) is 1. The van der Waals surface area contributed by atoms with Crippen molar-refractivity contribution in [3.05, 3.63) is 34.9 Å². The fraction of sp³-hybridized carbons (Fsp3) is 0.647. The zero-order valence-corrected chi connectivity index (χ0v) is 12.3. The lowest BCUT2D eigenvalue weighted by Gasteiger charge is -2.25. The van der Waals surface area contributed by atoms with Gasteiger partial charge in [-0.2, -0.15) is 0 Å². The van der Waals surface area contributed by atoms with Crippen LogP contribution in [-0.4, -0.2) is 30.1 Å². The maximum absolute atomic E-state index is 3.70. The van der Waals surface area contributed by atoms with Crippen LogP contribution in [0.2, 0.25) is 0 Å². The molecule has 0 radical (unpaired) electrons. The Morgan fingerprint density at radius 1 is 1.21 bits per heavy atom. The molecule has 104 valence electrons. The molecule has 0 amide bonds. The Balaban J connectivity index is 1.61. The molecule has 2 nitrogen and oxygen atoms in total. The van der Waals surface area contributed by atoms with Crippen molar-refractivity contribution in [2.24, 2.45) is 0 Å². The van der Waals surface area contributed by atoms with Crippen LogP contribution >= 0.6 is 0 Å². The van der Waals surface area contributed by atoms with Crippen LogP contribution < -0.4 is 5.32 Å². The normalized spacial score (nSPS) is 24.0. The van der Waals surface area contributed by atoms with Gasteiger partial charge in [0.15, 0.2) is 0 Å². The van der Waals surface area contributed by atoms with Gasteiger partial charge in [-0.25, -0.2) is 0 Å². The highest BCUT2D eigenvalue weighted by atomic mass is 15.2. The summed E-state index contributed by atoms with van der Waals surface area (Å²) in [6, 6.07) is 8.43. The van der Waals surface area contributed by atoms with Crippen molar-refractivity contribution in [2.45, 2.75) is 58.2 Å². The molecule has 1 aliphatic heterocycles. The van der Waals surface area contributed by atoms with E-state index in [0.717, 1.165) is 18.6 Å². The van der Waals surface area contributed by atoms with E-state index in [1.165, 1.54) is 55.5 Å². The Morgan fingerprint density at radius 3 is 2.84 bits per heavy atom. The molecule has 0 spiro atoms. The molecule has 1 saturated heterocycles. The van der Waals surface area contributed by atoms with Crippen LogP contribution in [0.15, 0.2) is 18.2 Å². The van der Waals surface area contributed by atoms with E-state index in [1.807, 2.05) is 0 Å². The minimum absolute atomic E-state index is 0.750. The SMILES string of the molecule is Cc1ccc(C)c(CN2CCCC2CNC2CC2)c1. The van der Waals surface area contributed by atoms with Crippen LogP contribution in [0.1, 0.15) is 42.4 Å². The third-order valence-corrected chi connectivity index (χ3v) is 4.60. The highest BCUT2D eigenvalue weighted by Crippen LogP contribution is 2.24. The van der Waals surface area contributed by atoms with Gasteiger partial charge in [-0.1, -0.05) is 23.8 Å². The predicted octanol–water partition coefficient (Wildman–Crippen LogP) is 3.02. The van der Waals surface area contributed by atoms with Crippen LogP contribution in [0.4, 0.5) is 0 Å². The molecule has 0 aromatic heterocycles. The first-order valence-corrected chi connectivity index (χ1v) is 7.76. The van der Waals surface area contributed by atoms with Gasteiger partial charge in [0.1, 0.15) is 0 Å². The second-order valence-electron chi connectivity index (χ2n) is 6.38. The molecule has 1 aromatic rings. The van der Waals surface area contributed by atoms with E-state index in [1.54, 1.807) is 0 Å². The summed E-state index contributed by atoms with van der Waals surface area (Å²) < 4.78 is 0. The van der Waals surface area contributed by atoms with Gasteiger partial charge in [-0.15, -0.1) is 0 Å². The Hall–Kier alpha value is -0.860. The van der Waals surface area contributed by atoms with Crippen molar-refractivity contribution in [1.29, 1.82) is 0 Å². The summed E-state index contributed by atoms with van der Waals surface area (Å²) >= 11 is 0. The van der Waals surface area contributed by atoms with Crippen LogP contribution in [0.5, 0.6) is 0 Å². The first-order valence-electron chi connectivity index (χ1n) is 7.76. The minimum atomic E-state index is 0.750. The molecule has 1 unspecified atom stereocenters. The lowest BCUT2D eigenvalue weighted by atomic mass is 10.0. The van der Waals surface area contributed by atoms with Crippen molar-refractivity contribution in [3.8, 4) is 0 Å². The van der Waals surface area contributed by atoms with E-state index in [4.69, 9.17) is 0 Å². The van der Waals surface area contributed by atoms with Gasteiger partial charge in [0.25, 0.3) is 0 Å². The van der Waals surface area contributed by atoms with E-state index >= 15 is 0 Å². The molecule has 2 fully saturated rings. The lowest BCUT2D eigenvalue weighted by molar-refractivity contribution is 0.238. The number of rotatable bonds is 5. The molecule has 3 rings (SSSR count). The monoisotopic (exact) mass is 258 g/mol. The molecule has 2 heteroatoms. The summed E-state index contributed by atoms with van der Waals surface area (Å²) in [7, 11) is 0. The topological polar surface area (TPSA) is 15.3 Å². The van der Waals surface area contributed by atoms with E-state index < -0.39 is 0 Å². The Kier molecular flexibility index (Phi) is 3.90. The van der Waals surface area contributed by atoms with E-state index in [-0.39, 0.29) is 0 Å². The van der Waals surface area contributed by atoms with E-state index in [0.29, 0.717) is 0 Å². The number of benzene rings is 1. The van der Waals surface area contributed by atoms with Gasteiger partial charge in [0.05, 0.1) is 0 Å². The van der Waals surface area contributed by atoms with Gasteiger partial charge >= 0.3 is 0 Å². The molecule has 1 saturated carbocycles. The maximum atomic E-state index is 3.70. The van der Waals surface area contributed by atoms with E-state index in [2.05, 4.69) is 42.3 Å². The third-order valence-electron chi connectivity index (χ3n) is 4.60. The summed E-state index contributed by atoms with van der Waals surface area (Å²) in [5.74, 6) is 0.